The van der Waals surface area contributed by atoms with Gasteiger partial charge in [0.15, 0.2) is 0 Å². The predicted octanol–water partition coefficient (Wildman–Crippen LogP) is 2.87. The molecule has 2 rings (SSSR count). The highest BCUT2D eigenvalue weighted by Crippen LogP contribution is 2.38. The Balaban J connectivity index is 1.81. The first-order valence-corrected chi connectivity index (χ1v) is 7.58. The molecule has 0 atom stereocenters. The van der Waals surface area contributed by atoms with Crippen molar-refractivity contribution in [2.24, 2.45) is 23.0 Å². The molecular formula is C15H30N2. The van der Waals surface area contributed by atoms with Gasteiger partial charge in [0, 0.05) is 6.54 Å². The topological polar surface area (TPSA) is 29.3 Å². The van der Waals surface area contributed by atoms with Gasteiger partial charge in [0.25, 0.3) is 0 Å². The Hall–Kier alpha value is -0.0800. The van der Waals surface area contributed by atoms with Crippen LogP contribution in [0.5, 0.6) is 0 Å². The molecule has 1 heterocycles. The van der Waals surface area contributed by atoms with Crippen molar-refractivity contribution in [2.45, 2.75) is 52.4 Å². The second-order valence-electron chi connectivity index (χ2n) is 6.77. The molecule has 1 aliphatic heterocycles. The lowest BCUT2D eigenvalue weighted by Crippen LogP contribution is -2.44. The minimum Gasteiger partial charge on any atom is -0.330 e. The molecule has 0 radical (unpaired) electrons. The third-order valence-electron chi connectivity index (χ3n) is 5.23. The lowest BCUT2D eigenvalue weighted by molar-refractivity contribution is 0.103. The number of rotatable bonds is 4. The van der Waals surface area contributed by atoms with Gasteiger partial charge in [-0.05, 0) is 62.6 Å². The van der Waals surface area contributed by atoms with Crippen LogP contribution in [0.3, 0.4) is 0 Å². The molecular weight excluding hydrogens is 208 g/mol. The molecule has 2 heteroatoms. The summed E-state index contributed by atoms with van der Waals surface area (Å²) in [5.41, 5.74) is 6.51. The summed E-state index contributed by atoms with van der Waals surface area (Å²) in [5, 5.41) is 0. The van der Waals surface area contributed by atoms with Crippen LogP contribution < -0.4 is 5.73 Å². The summed E-state index contributed by atoms with van der Waals surface area (Å²) in [6.07, 6.45) is 8.34. The Morgan fingerprint density at radius 2 is 1.76 bits per heavy atom. The number of piperidine rings is 1. The fourth-order valence-electron chi connectivity index (χ4n) is 3.80. The van der Waals surface area contributed by atoms with Gasteiger partial charge in [-0.15, -0.1) is 0 Å². The van der Waals surface area contributed by atoms with E-state index in [0.717, 1.165) is 18.4 Å². The van der Waals surface area contributed by atoms with Crippen molar-refractivity contribution < 1.29 is 0 Å². The van der Waals surface area contributed by atoms with E-state index in [2.05, 4.69) is 18.7 Å². The van der Waals surface area contributed by atoms with Crippen molar-refractivity contribution in [1.29, 1.82) is 0 Å². The van der Waals surface area contributed by atoms with Crippen LogP contribution in [-0.2, 0) is 0 Å². The first-order valence-electron chi connectivity index (χ1n) is 7.58. The first kappa shape index (κ1) is 13.4. The fraction of sp³-hybridized carbons (Fsp3) is 1.00. The molecule has 2 nitrogen and oxygen atoms in total. The van der Waals surface area contributed by atoms with Crippen molar-refractivity contribution in [1.82, 2.24) is 4.90 Å². The Morgan fingerprint density at radius 3 is 2.24 bits per heavy atom. The quantitative estimate of drug-likeness (QED) is 0.816. The molecule has 2 fully saturated rings. The zero-order chi connectivity index (χ0) is 12.3. The van der Waals surface area contributed by atoms with Gasteiger partial charge in [-0.25, -0.2) is 0 Å². The molecule has 0 spiro atoms. The minimum absolute atomic E-state index is 0.477. The zero-order valence-corrected chi connectivity index (χ0v) is 11.8. The van der Waals surface area contributed by atoms with E-state index >= 15 is 0 Å². The maximum absolute atomic E-state index is 6.03. The maximum Gasteiger partial charge on any atom is 0.00501 e. The van der Waals surface area contributed by atoms with E-state index in [1.807, 2.05) is 0 Å². The zero-order valence-electron chi connectivity index (χ0n) is 11.8. The Labute approximate surface area is 107 Å². The smallest absolute Gasteiger partial charge is 0.00501 e. The summed E-state index contributed by atoms with van der Waals surface area (Å²) in [4.78, 5) is 2.69. The van der Waals surface area contributed by atoms with E-state index in [0.29, 0.717) is 5.41 Å². The van der Waals surface area contributed by atoms with E-state index in [9.17, 15) is 0 Å². The van der Waals surface area contributed by atoms with Crippen LogP contribution in [-0.4, -0.2) is 31.1 Å². The number of likely N-dealkylation sites (tertiary alicyclic amines) is 1. The standard InChI is InChI=1S/C15H30N2/c1-13(2)14-5-9-17(10-6-14)12-15(11-16)7-3-4-8-15/h13-14H,3-12,16H2,1-2H3. The van der Waals surface area contributed by atoms with Crippen LogP contribution in [0.2, 0.25) is 0 Å². The minimum atomic E-state index is 0.477. The highest BCUT2D eigenvalue weighted by molar-refractivity contribution is 4.89. The van der Waals surface area contributed by atoms with Gasteiger partial charge in [-0.1, -0.05) is 26.7 Å². The van der Waals surface area contributed by atoms with Crippen LogP contribution >= 0.6 is 0 Å². The average Bonchev–Trinajstić information content (AvgIpc) is 2.79. The molecule has 2 N–H and O–H groups in total. The monoisotopic (exact) mass is 238 g/mol. The number of nitrogens with zero attached hydrogens (tertiary/aromatic N) is 1. The predicted molar refractivity (Wildman–Crippen MR) is 74.0 cm³/mol. The van der Waals surface area contributed by atoms with Gasteiger partial charge < -0.3 is 10.6 Å². The number of hydrogen-bond acceptors (Lipinski definition) is 2. The highest BCUT2D eigenvalue weighted by Gasteiger charge is 2.35. The highest BCUT2D eigenvalue weighted by atomic mass is 15.1. The summed E-state index contributed by atoms with van der Waals surface area (Å²) in [5.74, 6) is 1.83. The SMILES string of the molecule is CC(C)C1CCN(CC2(CN)CCCC2)CC1. The second-order valence-corrected chi connectivity index (χ2v) is 6.77. The van der Waals surface area contributed by atoms with Crippen LogP contribution in [0.15, 0.2) is 0 Å². The van der Waals surface area contributed by atoms with Crippen LogP contribution in [0.25, 0.3) is 0 Å². The Bertz CT molecular complexity index is 223. The molecule has 1 aliphatic carbocycles. The van der Waals surface area contributed by atoms with E-state index in [-0.39, 0.29) is 0 Å². The summed E-state index contributed by atoms with van der Waals surface area (Å²) >= 11 is 0. The maximum atomic E-state index is 6.03. The van der Waals surface area contributed by atoms with Gasteiger partial charge >= 0.3 is 0 Å². The molecule has 2 aliphatic rings. The third-order valence-corrected chi connectivity index (χ3v) is 5.23. The molecule has 0 aromatic heterocycles. The molecule has 100 valence electrons. The summed E-state index contributed by atoms with van der Waals surface area (Å²) < 4.78 is 0. The third kappa shape index (κ3) is 3.23. The molecule has 0 unspecified atom stereocenters. The number of hydrogen-bond donors (Lipinski definition) is 1. The van der Waals surface area contributed by atoms with Crippen LogP contribution in [0.4, 0.5) is 0 Å². The molecule has 0 aromatic carbocycles. The molecule has 1 saturated carbocycles. The van der Waals surface area contributed by atoms with Gasteiger partial charge in [-0.2, -0.15) is 0 Å². The van der Waals surface area contributed by atoms with Gasteiger partial charge in [0.05, 0.1) is 0 Å². The van der Waals surface area contributed by atoms with Crippen molar-refractivity contribution >= 4 is 0 Å². The summed E-state index contributed by atoms with van der Waals surface area (Å²) in [7, 11) is 0. The molecule has 17 heavy (non-hydrogen) atoms. The summed E-state index contributed by atoms with van der Waals surface area (Å²) in [6, 6.07) is 0. The molecule has 0 bridgehead atoms. The van der Waals surface area contributed by atoms with Crippen molar-refractivity contribution in [3.8, 4) is 0 Å². The van der Waals surface area contributed by atoms with Gasteiger partial charge in [0.2, 0.25) is 0 Å². The second kappa shape index (κ2) is 5.71. The molecule has 1 saturated heterocycles. The van der Waals surface area contributed by atoms with Crippen LogP contribution in [0, 0.1) is 17.3 Å². The van der Waals surface area contributed by atoms with Crippen molar-refractivity contribution in [2.75, 3.05) is 26.2 Å². The first-order chi connectivity index (χ1) is 8.15. The van der Waals surface area contributed by atoms with Crippen LogP contribution in [0.1, 0.15) is 52.4 Å². The van der Waals surface area contributed by atoms with E-state index < -0.39 is 0 Å². The summed E-state index contributed by atoms with van der Waals surface area (Å²) in [6.45, 7) is 9.54. The lowest BCUT2D eigenvalue weighted by Gasteiger charge is -2.39. The normalized spacial score (nSPS) is 26.8. The van der Waals surface area contributed by atoms with Gasteiger partial charge in [-0.3, -0.25) is 0 Å². The Kier molecular flexibility index (Phi) is 4.48. The van der Waals surface area contributed by atoms with E-state index in [1.165, 1.54) is 58.2 Å². The van der Waals surface area contributed by atoms with Gasteiger partial charge in [0.1, 0.15) is 0 Å². The largest absolute Gasteiger partial charge is 0.330 e. The average molecular weight is 238 g/mol. The van der Waals surface area contributed by atoms with Crippen molar-refractivity contribution in [3.05, 3.63) is 0 Å². The molecule has 0 amide bonds. The van der Waals surface area contributed by atoms with Crippen molar-refractivity contribution in [3.63, 3.8) is 0 Å². The Morgan fingerprint density at radius 1 is 1.18 bits per heavy atom. The number of nitrogens with two attached hydrogens (primary N) is 1. The molecule has 0 aromatic rings. The van der Waals surface area contributed by atoms with E-state index in [1.54, 1.807) is 0 Å². The van der Waals surface area contributed by atoms with E-state index in [4.69, 9.17) is 5.73 Å². The lowest BCUT2D eigenvalue weighted by atomic mass is 9.83. The fourth-order valence-corrected chi connectivity index (χ4v) is 3.80.